The monoisotopic (exact) mass is 269 g/mol. The maximum Gasteiger partial charge on any atom is 0.255 e. The van der Waals surface area contributed by atoms with Crippen LogP contribution in [0.1, 0.15) is 28.8 Å². The van der Waals surface area contributed by atoms with Crippen molar-refractivity contribution in [1.82, 2.24) is 5.32 Å². The number of nitrogens with one attached hydrogen (secondary N) is 1. The first-order chi connectivity index (χ1) is 7.08. The normalized spacial score (nSPS) is 15.1. The highest BCUT2D eigenvalue weighted by Crippen LogP contribution is 2.28. The molecule has 0 unspecified atom stereocenters. The van der Waals surface area contributed by atoms with Gasteiger partial charge in [-0.25, -0.2) is 0 Å². The zero-order valence-electron chi connectivity index (χ0n) is 8.38. The second kappa shape index (κ2) is 3.85. The molecule has 0 saturated heterocycles. The van der Waals surface area contributed by atoms with E-state index in [1.807, 2.05) is 0 Å². The second-order valence-corrected chi connectivity index (χ2v) is 4.78. The molecule has 1 aromatic carbocycles. The highest BCUT2D eigenvalue weighted by Gasteiger charge is 2.25. The van der Waals surface area contributed by atoms with Gasteiger partial charge in [-0.2, -0.15) is 0 Å². The van der Waals surface area contributed by atoms with Crippen LogP contribution in [0.2, 0.25) is 0 Å². The molecule has 3 nitrogen and oxygen atoms in total. The van der Waals surface area contributed by atoms with Gasteiger partial charge in [0.15, 0.2) is 0 Å². The largest absolute Gasteiger partial charge is 0.507 e. The molecule has 1 fully saturated rings. The Morgan fingerprint density at radius 1 is 1.53 bits per heavy atom. The first kappa shape index (κ1) is 10.5. The van der Waals surface area contributed by atoms with Crippen LogP contribution in [0, 0.1) is 6.92 Å². The van der Waals surface area contributed by atoms with E-state index in [-0.39, 0.29) is 11.7 Å². The molecule has 0 bridgehead atoms. The Kier molecular flexibility index (Phi) is 2.69. The number of aromatic hydroxyl groups is 1. The smallest absolute Gasteiger partial charge is 0.255 e. The third-order valence-electron chi connectivity index (χ3n) is 2.42. The molecule has 1 amide bonds. The number of carbonyl (C=O) groups is 1. The van der Waals surface area contributed by atoms with E-state index in [4.69, 9.17) is 0 Å². The molecule has 0 heterocycles. The van der Waals surface area contributed by atoms with Crippen LogP contribution in [-0.4, -0.2) is 17.1 Å². The summed E-state index contributed by atoms with van der Waals surface area (Å²) in [7, 11) is 0. The van der Waals surface area contributed by atoms with Crippen molar-refractivity contribution in [3.8, 4) is 5.75 Å². The molecule has 4 heteroatoms. The lowest BCUT2D eigenvalue weighted by Crippen LogP contribution is -2.25. The van der Waals surface area contributed by atoms with E-state index in [0.717, 1.165) is 17.3 Å². The highest BCUT2D eigenvalue weighted by molar-refractivity contribution is 9.10. The number of hydrogen-bond donors (Lipinski definition) is 2. The molecule has 15 heavy (non-hydrogen) atoms. The number of rotatable bonds is 2. The molecule has 0 atom stereocenters. The van der Waals surface area contributed by atoms with Crippen molar-refractivity contribution in [1.29, 1.82) is 0 Å². The van der Waals surface area contributed by atoms with Gasteiger partial charge in [-0.3, -0.25) is 4.79 Å². The van der Waals surface area contributed by atoms with Crippen LogP contribution < -0.4 is 5.32 Å². The molecule has 0 aliphatic heterocycles. The van der Waals surface area contributed by atoms with Gasteiger partial charge in [0.1, 0.15) is 5.75 Å². The van der Waals surface area contributed by atoms with Gasteiger partial charge in [0.2, 0.25) is 0 Å². The average Bonchev–Trinajstić information content (AvgIpc) is 2.94. The van der Waals surface area contributed by atoms with Crippen LogP contribution in [-0.2, 0) is 0 Å². The lowest BCUT2D eigenvalue weighted by Gasteiger charge is -2.08. The van der Waals surface area contributed by atoms with Gasteiger partial charge in [0.25, 0.3) is 5.91 Å². The fourth-order valence-corrected chi connectivity index (χ4v) is 1.97. The molecule has 2 N–H and O–H groups in total. The summed E-state index contributed by atoms with van der Waals surface area (Å²) in [4.78, 5) is 11.7. The van der Waals surface area contributed by atoms with Crippen LogP contribution in [0.25, 0.3) is 0 Å². The van der Waals surface area contributed by atoms with E-state index >= 15 is 0 Å². The van der Waals surface area contributed by atoms with Gasteiger partial charge >= 0.3 is 0 Å². The standard InChI is InChI=1S/C11H12BrNO2/c1-6-4-7(12)5-9(10(6)14)11(15)13-8-2-3-8/h4-5,8,14H,2-3H2,1H3,(H,13,15). The summed E-state index contributed by atoms with van der Waals surface area (Å²) in [6.45, 7) is 1.77. The third-order valence-corrected chi connectivity index (χ3v) is 2.88. The van der Waals surface area contributed by atoms with E-state index in [9.17, 15) is 9.90 Å². The van der Waals surface area contributed by atoms with E-state index in [0.29, 0.717) is 17.2 Å². The van der Waals surface area contributed by atoms with Crippen LogP contribution >= 0.6 is 15.9 Å². The van der Waals surface area contributed by atoms with Crippen molar-refractivity contribution >= 4 is 21.8 Å². The van der Waals surface area contributed by atoms with Crippen molar-refractivity contribution in [2.45, 2.75) is 25.8 Å². The summed E-state index contributed by atoms with van der Waals surface area (Å²) in [6, 6.07) is 3.72. The minimum atomic E-state index is -0.195. The molecule has 80 valence electrons. The Bertz CT molecular complexity index is 413. The van der Waals surface area contributed by atoms with E-state index in [1.165, 1.54) is 0 Å². The molecular formula is C11H12BrNO2. The summed E-state index contributed by atoms with van der Waals surface area (Å²) in [5.41, 5.74) is 1.04. The molecule has 1 aliphatic rings. The lowest BCUT2D eigenvalue weighted by atomic mass is 10.1. The molecule has 2 rings (SSSR count). The third kappa shape index (κ3) is 2.31. The quantitative estimate of drug-likeness (QED) is 0.866. The Morgan fingerprint density at radius 3 is 2.80 bits per heavy atom. The van der Waals surface area contributed by atoms with Crippen LogP contribution in [0.5, 0.6) is 5.75 Å². The van der Waals surface area contributed by atoms with Crippen molar-refractivity contribution in [3.63, 3.8) is 0 Å². The Morgan fingerprint density at radius 2 is 2.20 bits per heavy atom. The van der Waals surface area contributed by atoms with E-state index in [2.05, 4.69) is 21.2 Å². The maximum absolute atomic E-state index is 11.7. The number of phenols is 1. The molecule has 1 aliphatic carbocycles. The maximum atomic E-state index is 11.7. The van der Waals surface area contributed by atoms with Gasteiger partial charge in [0.05, 0.1) is 5.56 Å². The van der Waals surface area contributed by atoms with Crippen LogP contribution in [0.4, 0.5) is 0 Å². The molecular weight excluding hydrogens is 258 g/mol. The summed E-state index contributed by atoms with van der Waals surface area (Å²) >= 11 is 3.31. The second-order valence-electron chi connectivity index (χ2n) is 3.87. The van der Waals surface area contributed by atoms with Gasteiger partial charge in [-0.15, -0.1) is 0 Å². The van der Waals surface area contributed by atoms with E-state index in [1.54, 1.807) is 19.1 Å². The fraction of sp³-hybridized carbons (Fsp3) is 0.364. The summed E-state index contributed by atoms with van der Waals surface area (Å²) in [5.74, 6) is -0.129. The Labute approximate surface area is 96.6 Å². The number of halogens is 1. The first-order valence-electron chi connectivity index (χ1n) is 4.88. The zero-order chi connectivity index (χ0) is 11.0. The predicted molar refractivity (Wildman–Crippen MR) is 61.0 cm³/mol. The number of phenolic OH excluding ortho intramolecular Hbond substituents is 1. The number of carbonyl (C=O) groups excluding carboxylic acids is 1. The van der Waals surface area contributed by atoms with Gasteiger partial charge in [-0.05, 0) is 37.5 Å². The first-order valence-corrected chi connectivity index (χ1v) is 5.67. The minimum absolute atomic E-state index is 0.0661. The highest BCUT2D eigenvalue weighted by atomic mass is 79.9. The zero-order valence-corrected chi connectivity index (χ0v) is 9.97. The SMILES string of the molecule is Cc1cc(Br)cc(C(=O)NC2CC2)c1O. The molecule has 1 saturated carbocycles. The lowest BCUT2D eigenvalue weighted by molar-refractivity contribution is 0.0948. The van der Waals surface area contributed by atoms with Gasteiger partial charge in [-0.1, -0.05) is 15.9 Å². The molecule has 0 radical (unpaired) electrons. The molecule has 0 spiro atoms. The number of hydrogen-bond acceptors (Lipinski definition) is 2. The Balaban J connectivity index is 2.28. The summed E-state index contributed by atoms with van der Waals surface area (Å²) in [5, 5.41) is 12.6. The van der Waals surface area contributed by atoms with Crippen molar-refractivity contribution in [2.24, 2.45) is 0 Å². The van der Waals surface area contributed by atoms with Crippen molar-refractivity contribution in [2.75, 3.05) is 0 Å². The minimum Gasteiger partial charge on any atom is -0.507 e. The summed E-state index contributed by atoms with van der Waals surface area (Å²) < 4.78 is 0.804. The molecule has 0 aromatic heterocycles. The van der Waals surface area contributed by atoms with E-state index < -0.39 is 0 Å². The van der Waals surface area contributed by atoms with Crippen molar-refractivity contribution < 1.29 is 9.90 Å². The van der Waals surface area contributed by atoms with Gasteiger partial charge < -0.3 is 10.4 Å². The number of aryl methyl sites for hydroxylation is 1. The van der Waals surface area contributed by atoms with Crippen LogP contribution in [0.3, 0.4) is 0 Å². The topological polar surface area (TPSA) is 49.3 Å². The average molecular weight is 270 g/mol. The fourth-order valence-electron chi connectivity index (χ4n) is 1.40. The number of benzene rings is 1. The molecule has 1 aromatic rings. The Hall–Kier alpha value is -1.03. The number of amides is 1. The summed E-state index contributed by atoms with van der Waals surface area (Å²) in [6.07, 6.45) is 2.08. The van der Waals surface area contributed by atoms with Crippen molar-refractivity contribution in [3.05, 3.63) is 27.7 Å². The van der Waals surface area contributed by atoms with Crippen LogP contribution in [0.15, 0.2) is 16.6 Å². The predicted octanol–water partition coefficient (Wildman–Crippen LogP) is 2.36. The van der Waals surface area contributed by atoms with Gasteiger partial charge in [0, 0.05) is 10.5 Å².